The number of H-pyrrole nitrogens is 1. The van der Waals surface area contributed by atoms with Gasteiger partial charge in [-0.1, -0.05) is 12.1 Å². The quantitative estimate of drug-likeness (QED) is 0.354. The lowest BCUT2D eigenvalue weighted by Gasteiger charge is -2.21. The van der Waals surface area contributed by atoms with E-state index in [1.807, 2.05) is 0 Å². The number of carboxylic acid groups (broad SMARTS) is 2. The Morgan fingerprint density at radius 2 is 1.91 bits per heavy atom. The van der Waals surface area contributed by atoms with Gasteiger partial charge in [-0.3, -0.25) is 0 Å². The summed E-state index contributed by atoms with van der Waals surface area (Å²) < 4.78 is 9.00. The topological polar surface area (TPSA) is 142 Å². The summed E-state index contributed by atoms with van der Waals surface area (Å²) >= 11 is 0.799. The van der Waals surface area contributed by atoms with Crippen LogP contribution in [-0.2, 0) is 9.47 Å². The van der Waals surface area contributed by atoms with Crippen molar-refractivity contribution in [2.75, 3.05) is 6.61 Å². The predicted molar refractivity (Wildman–Crippen MR) is 74.8 cm³/mol. The van der Waals surface area contributed by atoms with Crippen LogP contribution < -0.4 is 0 Å². The third-order valence-corrected chi connectivity index (χ3v) is 3.60. The van der Waals surface area contributed by atoms with Gasteiger partial charge in [0.2, 0.25) is 0 Å². The summed E-state index contributed by atoms with van der Waals surface area (Å²) in [7, 11) is 0. The van der Waals surface area contributed by atoms with Gasteiger partial charge in [-0.15, -0.1) is 0 Å². The number of aromatic amines is 1. The van der Waals surface area contributed by atoms with Gasteiger partial charge in [-0.05, 0) is 23.9 Å². The minimum absolute atomic E-state index is 0.305. The molecule has 0 radical (unpaired) electrons. The zero-order chi connectivity index (χ0) is 16.1. The maximum atomic E-state index is 10.7. The normalized spacial score (nSPS) is 13.5. The molecule has 22 heavy (non-hydrogen) atoms. The number of benzene rings is 1. The fraction of sp³-hybridized carbons (Fsp3) is 0.250. The van der Waals surface area contributed by atoms with Crippen molar-refractivity contribution in [3.05, 3.63) is 24.3 Å². The Morgan fingerprint density at radius 3 is 2.50 bits per heavy atom. The van der Waals surface area contributed by atoms with Crippen LogP contribution in [0.1, 0.15) is 0 Å². The number of hydrogen-bond donors (Lipinski definition) is 4. The minimum Gasteiger partial charge on any atom is -0.450 e. The summed E-state index contributed by atoms with van der Waals surface area (Å²) in [6.45, 7) is -0.739. The van der Waals surface area contributed by atoms with Gasteiger partial charge in [0.1, 0.15) is 0 Å². The molecule has 1 heterocycles. The molecule has 2 unspecified atom stereocenters. The van der Waals surface area contributed by atoms with E-state index in [2.05, 4.69) is 19.4 Å². The zero-order valence-corrected chi connectivity index (χ0v) is 11.8. The van der Waals surface area contributed by atoms with E-state index in [1.54, 1.807) is 24.3 Å². The number of nitrogens with one attached hydrogen (secondary N) is 1. The molecule has 2 aromatic rings. The fourth-order valence-electron chi connectivity index (χ4n) is 1.68. The van der Waals surface area contributed by atoms with Gasteiger partial charge in [0, 0.05) is 0 Å². The van der Waals surface area contributed by atoms with Gasteiger partial charge in [0.05, 0.1) is 17.6 Å². The highest BCUT2D eigenvalue weighted by Crippen LogP contribution is 2.27. The van der Waals surface area contributed by atoms with Crippen LogP contribution in [0.2, 0.25) is 0 Å². The molecule has 0 saturated carbocycles. The number of thioether (sulfide) groups is 1. The molecule has 2 atom stereocenters. The molecule has 1 aromatic heterocycles. The number of carbonyl (C=O) groups is 2. The van der Waals surface area contributed by atoms with Gasteiger partial charge in [-0.2, -0.15) is 0 Å². The lowest BCUT2D eigenvalue weighted by atomic mass is 10.3. The second-order valence-electron chi connectivity index (χ2n) is 4.03. The monoisotopic (exact) mass is 328 g/mol. The van der Waals surface area contributed by atoms with Crippen LogP contribution >= 0.6 is 11.8 Å². The second-order valence-corrected chi connectivity index (χ2v) is 5.12. The molecule has 9 nitrogen and oxygen atoms in total. The zero-order valence-electron chi connectivity index (χ0n) is 11.0. The molecule has 0 aliphatic carbocycles. The third kappa shape index (κ3) is 4.02. The summed E-state index contributed by atoms with van der Waals surface area (Å²) in [5, 5.41) is 26.8. The second kappa shape index (κ2) is 7.00. The van der Waals surface area contributed by atoms with E-state index in [-0.39, 0.29) is 0 Å². The number of nitrogens with zero attached hydrogens (tertiary/aromatic N) is 1. The van der Waals surface area contributed by atoms with Crippen molar-refractivity contribution in [3.8, 4) is 0 Å². The molecular weight excluding hydrogens is 316 g/mol. The first kappa shape index (κ1) is 15.9. The van der Waals surface area contributed by atoms with Crippen molar-refractivity contribution in [3.63, 3.8) is 0 Å². The highest BCUT2D eigenvalue weighted by atomic mass is 32.2. The molecular formula is C12H12N2O7S. The average molecular weight is 328 g/mol. The maximum Gasteiger partial charge on any atom is 0.507 e. The highest BCUT2D eigenvalue weighted by molar-refractivity contribution is 7.99. The molecule has 118 valence electrons. The standard InChI is InChI=1S/C12H12N2O7S/c15-5-8(20-11(16)17)9(21-12(18)19)22-10-13-6-3-1-2-4-7(6)14-10/h1-4,8-9,15H,5H2,(H,13,14)(H,16,17)(H,18,19). The van der Waals surface area contributed by atoms with Crippen molar-refractivity contribution in [1.82, 2.24) is 9.97 Å². The lowest BCUT2D eigenvalue weighted by Crippen LogP contribution is -2.35. The van der Waals surface area contributed by atoms with Crippen molar-refractivity contribution in [1.29, 1.82) is 0 Å². The Balaban J connectivity index is 2.20. The molecule has 4 N–H and O–H groups in total. The largest absolute Gasteiger partial charge is 0.507 e. The Kier molecular flexibility index (Phi) is 5.07. The van der Waals surface area contributed by atoms with Crippen LogP contribution in [0, 0.1) is 0 Å². The van der Waals surface area contributed by atoms with E-state index < -0.39 is 30.5 Å². The van der Waals surface area contributed by atoms with E-state index in [0.29, 0.717) is 10.7 Å². The molecule has 0 bridgehead atoms. The summed E-state index contributed by atoms with van der Waals surface area (Å²) in [6.07, 6.45) is -4.66. The van der Waals surface area contributed by atoms with Crippen molar-refractivity contribution in [2.45, 2.75) is 16.7 Å². The van der Waals surface area contributed by atoms with Crippen molar-refractivity contribution < 1.29 is 34.4 Å². The van der Waals surface area contributed by atoms with Crippen LogP contribution in [0.4, 0.5) is 9.59 Å². The molecule has 0 aliphatic rings. The average Bonchev–Trinajstić information content (AvgIpc) is 2.85. The van der Waals surface area contributed by atoms with Crippen LogP contribution in [0.3, 0.4) is 0 Å². The van der Waals surface area contributed by atoms with Gasteiger partial charge in [0.15, 0.2) is 16.7 Å². The van der Waals surface area contributed by atoms with Crippen LogP contribution in [-0.4, -0.2) is 55.7 Å². The summed E-state index contributed by atoms with van der Waals surface area (Å²) in [6, 6.07) is 7.11. The maximum absolute atomic E-state index is 10.7. The van der Waals surface area contributed by atoms with Crippen LogP contribution in [0.25, 0.3) is 11.0 Å². The van der Waals surface area contributed by atoms with E-state index in [9.17, 15) is 14.7 Å². The lowest BCUT2D eigenvalue weighted by molar-refractivity contribution is -0.0288. The summed E-state index contributed by atoms with van der Waals surface area (Å²) in [5.74, 6) is 0. The van der Waals surface area contributed by atoms with Crippen molar-refractivity contribution in [2.24, 2.45) is 0 Å². The summed E-state index contributed by atoms with van der Waals surface area (Å²) in [5.41, 5.74) is 0.0664. The van der Waals surface area contributed by atoms with E-state index in [1.165, 1.54) is 0 Å². The molecule has 2 rings (SSSR count). The Morgan fingerprint density at radius 1 is 1.23 bits per heavy atom. The molecule has 0 spiro atoms. The number of aliphatic hydroxyl groups is 1. The Hall–Kier alpha value is -2.46. The Bertz CT molecular complexity index is 641. The number of aromatic nitrogens is 2. The number of hydrogen-bond acceptors (Lipinski definition) is 7. The number of ether oxygens (including phenoxy) is 2. The minimum atomic E-state index is -1.65. The molecule has 0 saturated heterocycles. The first-order valence-corrected chi connectivity index (χ1v) is 6.89. The van der Waals surface area contributed by atoms with E-state index in [4.69, 9.17) is 10.2 Å². The van der Waals surface area contributed by atoms with E-state index >= 15 is 0 Å². The van der Waals surface area contributed by atoms with Gasteiger partial charge < -0.3 is 29.8 Å². The SMILES string of the molecule is O=C(O)OC(CO)C(OC(=O)O)Sc1nc2ccccc2[nH]1. The number of rotatable bonds is 6. The predicted octanol–water partition coefficient (Wildman–Crippen LogP) is 1.73. The smallest absolute Gasteiger partial charge is 0.450 e. The first-order valence-electron chi connectivity index (χ1n) is 6.01. The fourth-order valence-corrected chi connectivity index (χ4v) is 2.64. The first-order chi connectivity index (χ1) is 10.5. The third-order valence-electron chi connectivity index (χ3n) is 2.55. The van der Waals surface area contributed by atoms with Crippen LogP contribution in [0.15, 0.2) is 29.4 Å². The van der Waals surface area contributed by atoms with Gasteiger partial charge >= 0.3 is 12.3 Å². The number of fused-ring (bicyclic) bond motifs is 1. The van der Waals surface area contributed by atoms with Gasteiger partial charge in [-0.25, -0.2) is 14.6 Å². The number of para-hydroxylation sites is 2. The highest BCUT2D eigenvalue weighted by Gasteiger charge is 2.30. The Labute approximate surface area is 127 Å². The van der Waals surface area contributed by atoms with Gasteiger partial charge in [0.25, 0.3) is 0 Å². The summed E-state index contributed by atoms with van der Waals surface area (Å²) in [4.78, 5) is 28.4. The molecule has 0 fully saturated rings. The molecule has 0 amide bonds. The number of aliphatic hydroxyl groups excluding tert-OH is 1. The van der Waals surface area contributed by atoms with Crippen molar-refractivity contribution >= 4 is 35.1 Å². The van der Waals surface area contributed by atoms with E-state index in [0.717, 1.165) is 17.3 Å². The molecule has 1 aromatic carbocycles. The molecule has 10 heteroatoms. The molecule has 0 aliphatic heterocycles. The van der Waals surface area contributed by atoms with Crippen LogP contribution in [0.5, 0.6) is 0 Å². The number of imidazole rings is 1.